The van der Waals surface area contributed by atoms with Gasteiger partial charge in [-0.05, 0) is 36.6 Å². The van der Waals surface area contributed by atoms with E-state index in [0.29, 0.717) is 24.7 Å². The quantitative estimate of drug-likeness (QED) is 0.862. The second-order valence-electron chi connectivity index (χ2n) is 5.00. The normalized spacial score (nSPS) is 23.2. The fraction of sp³-hybridized carbons (Fsp3) is 0.500. The number of hydrogen-bond donors (Lipinski definition) is 2. The molecule has 0 aromatic heterocycles. The number of likely N-dealkylation sites (tertiary alicyclic amines) is 1. The summed E-state index contributed by atoms with van der Waals surface area (Å²) in [5.41, 5.74) is 6.63. The number of benzene rings is 1. The van der Waals surface area contributed by atoms with Gasteiger partial charge in [-0.3, -0.25) is 0 Å². The lowest BCUT2D eigenvalue weighted by Gasteiger charge is -2.36. The van der Waals surface area contributed by atoms with E-state index in [1.807, 2.05) is 0 Å². The summed E-state index contributed by atoms with van der Waals surface area (Å²) in [6, 6.07) is 5.81. The van der Waals surface area contributed by atoms with Gasteiger partial charge in [0, 0.05) is 24.8 Å². The third kappa shape index (κ3) is 3.44. The zero-order valence-electron chi connectivity index (χ0n) is 11.1. The molecule has 0 aliphatic carbocycles. The molecule has 0 radical (unpaired) electrons. The summed E-state index contributed by atoms with van der Waals surface area (Å²) in [6.45, 7) is 3.45. The molecular formula is C14H20FN3O. The van der Waals surface area contributed by atoms with Crippen molar-refractivity contribution in [2.24, 2.45) is 11.7 Å². The van der Waals surface area contributed by atoms with Crippen molar-refractivity contribution in [3.05, 3.63) is 30.1 Å². The van der Waals surface area contributed by atoms with E-state index in [1.165, 1.54) is 12.1 Å². The number of amides is 2. The van der Waals surface area contributed by atoms with Crippen molar-refractivity contribution in [2.75, 3.05) is 18.4 Å². The van der Waals surface area contributed by atoms with Gasteiger partial charge in [-0.25, -0.2) is 9.18 Å². The predicted octanol–water partition coefficient (Wildman–Crippen LogP) is 2.42. The number of halogens is 1. The Kier molecular flexibility index (Phi) is 4.37. The van der Waals surface area contributed by atoms with Crippen molar-refractivity contribution in [3.63, 3.8) is 0 Å². The average molecular weight is 265 g/mol. The minimum atomic E-state index is -0.312. The van der Waals surface area contributed by atoms with Gasteiger partial charge in [-0.1, -0.05) is 13.3 Å². The highest BCUT2D eigenvalue weighted by Gasteiger charge is 2.27. The van der Waals surface area contributed by atoms with Crippen LogP contribution in [0.4, 0.5) is 14.9 Å². The van der Waals surface area contributed by atoms with Gasteiger partial charge in [0.25, 0.3) is 0 Å². The summed E-state index contributed by atoms with van der Waals surface area (Å²) >= 11 is 0. The zero-order chi connectivity index (χ0) is 13.8. The molecule has 2 rings (SSSR count). The second-order valence-corrected chi connectivity index (χ2v) is 5.00. The molecule has 19 heavy (non-hydrogen) atoms. The Morgan fingerprint density at radius 2 is 2.16 bits per heavy atom. The van der Waals surface area contributed by atoms with Crippen molar-refractivity contribution in [1.29, 1.82) is 0 Å². The van der Waals surface area contributed by atoms with E-state index in [1.54, 1.807) is 17.0 Å². The summed E-state index contributed by atoms with van der Waals surface area (Å²) in [6.07, 6.45) is 1.80. The number of carbonyl (C=O) groups excluding carboxylic acids is 1. The lowest BCUT2D eigenvalue weighted by atomic mass is 9.91. The van der Waals surface area contributed by atoms with E-state index < -0.39 is 0 Å². The standard InChI is InChI=1S/C14H20FN3O/c1-2-10-9-18(8-7-13(10)16)14(19)17-12-5-3-11(15)4-6-12/h3-6,10,13H,2,7-9,16H2,1H3,(H,17,19). The molecule has 4 nitrogen and oxygen atoms in total. The molecule has 2 unspecified atom stereocenters. The van der Waals surface area contributed by atoms with Gasteiger partial charge >= 0.3 is 6.03 Å². The Morgan fingerprint density at radius 3 is 2.79 bits per heavy atom. The molecule has 2 atom stereocenters. The van der Waals surface area contributed by atoms with Crippen LogP contribution in [0.25, 0.3) is 0 Å². The SMILES string of the molecule is CCC1CN(C(=O)Nc2ccc(F)cc2)CCC1N. The van der Waals surface area contributed by atoms with Crippen LogP contribution in [0, 0.1) is 11.7 Å². The molecule has 1 aliphatic rings. The highest BCUT2D eigenvalue weighted by atomic mass is 19.1. The molecule has 1 heterocycles. The van der Waals surface area contributed by atoms with Gasteiger partial charge in [0.05, 0.1) is 0 Å². The number of anilines is 1. The van der Waals surface area contributed by atoms with Crippen molar-refractivity contribution < 1.29 is 9.18 Å². The summed E-state index contributed by atoms with van der Waals surface area (Å²) < 4.78 is 12.8. The molecule has 0 saturated carbocycles. The number of piperidine rings is 1. The fourth-order valence-electron chi connectivity index (χ4n) is 2.40. The van der Waals surface area contributed by atoms with Crippen molar-refractivity contribution >= 4 is 11.7 Å². The van der Waals surface area contributed by atoms with Crippen LogP contribution in [0.1, 0.15) is 19.8 Å². The van der Waals surface area contributed by atoms with Crippen LogP contribution in [0.5, 0.6) is 0 Å². The van der Waals surface area contributed by atoms with Gasteiger partial charge in [0.15, 0.2) is 0 Å². The molecule has 3 N–H and O–H groups in total. The van der Waals surface area contributed by atoms with Crippen molar-refractivity contribution in [2.45, 2.75) is 25.8 Å². The minimum absolute atomic E-state index is 0.142. The van der Waals surface area contributed by atoms with E-state index in [2.05, 4.69) is 12.2 Å². The van der Waals surface area contributed by atoms with E-state index in [-0.39, 0.29) is 17.9 Å². The lowest BCUT2D eigenvalue weighted by molar-refractivity contribution is 0.164. The van der Waals surface area contributed by atoms with Gasteiger partial charge < -0.3 is 16.0 Å². The molecule has 1 aromatic carbocycles. The summed E-state index contributed by atoms with van der Waals surface area (Å²) in [4.78, 5) is 13.9. The molecule has 2 amide bonds. The lowest BCUT2D eigenvalue weighted by Crippen LogP contribution is -2.50. The highest BCUT2D eigenvalue weighted by Crippen LogP contribution is 2.19. The fourth-order valence-corrected chi connectivity index (χ4v) is 2.40. The molecule has 104 valence electrons. The number of hydrogen-bond acceptors (Lipinski definition) is 2. The molecule has 1 saturated heterocycles. The maximum Gasteiger partial charge on any atom is 0.321 e. The maximum atomic E-state index is 12.8. The van der Waals surface area contributed by atoms with Crippen LogP contribution in [-0.4, -0.2) is 30.1 Å². The van der Waals surface area contributed by atoms with Gasteiger partial charge in [0.1, 0.15) is 5.82 Å². The van der Waals surface area contributed by atoms with E-state index in [9.17, 15) is 9.18 Å². The Bertz CT molecular complexity index is 435. The molecular weight excluding hydrogens is 245 g/mol. The zero-order valence-corrected chi connectivity index (χ0v) is 11.1. The monoisotopic (exact) mass is 265 g/mol. The first kappa shape index (κ1) is 13.8. The van der Waals surface area contributed by atoms with E-state index in [0.717, 1.165) is 12.8 Å². The van der Waals surface area contributed by atoms with E-state index in [4.69, 9.17) is 5.73 Å². The summed E-state index contributed by atoms with van der Waals surface area (Å²) in [7, 11) is 0. The summed E-state index contributed by atoms with van der Waals surface area (Å²) in [5, 5.41) is 2.78. The summed E-state index contributed by atoms with van der Waals surface area (Å²) in [5.74, 6) is 0.0423. The van der Waals surface area contributed by atoms with Gasteiger partial charge in [-0.2, -0.15) is 0 Å². The Labute approximate surface area is 112 Å². The van der Waals surface area contributed by atoms with Crippen LogP contribution >= 0.6 is 0 Å². The Morgan fingerprint density at radius 1 is 1.47 bits per heavy atom. The van der Waals surface area contributed by atoms with Crippen LogP contribution < -0.4 is 11.1 Å². The molecule has 1 aliphatic heterocycles. The number of carbonyl (C=O) groups is 1. The second kappa shape index (κ2) is 6.02. The average Bonchev–Trinajstić information content (AvgIpc) is 2.42. The highest BCUT2D eigenvalue weighted by molar-refractivity contribution is 5.89. The first-order valence-electron chi connectivity index (χ1n) is 6.67. The number of nitrogens with zero attached hydrogens (tertiary/aromatic N) is 1. The third-order valence-electron chi connectivity index (χ3n) is 3.70. The molecule has 1 fully saturated rings. The number of nitrogens with one attached hydrogen (secondary N) is 1. The minimum Gasteiger partial charge on any atom is -0.327 e. The Balaban J connectivity index is 1.94. The van der Waals surface area contributed by atoms with Crippen molar-refractivity contribution in [1.82, 2.24) is 4.90 Å². The van der Waals surface area contributed by atoms with E-state index >= 15 is 0 Å². The number of nitrogens with two attached hydrogens (primary N) is 1. The smallest absolute Gasteiger partial charge is 0.321 e. The number of urea groups is 1. The van der Waals surface area contributed by atoms with Crippen LogP contribution in [-0.2, 0) is 0 Å². The number of rotatable bonds is 2. The van der Waals surface area contributed by atoms with Crippen LogP contribution in [0.15, 0.2) is 24.3 Å². The van der Waals surface area contributed by atoms with Crippen LogP contribution in [0.2, 0.25) is 0 Å². The molecule has 1 aromatic rings. The maximum absolute atomic E-state index is 12.8. The predicted molar refractivity (Wildman–Crippen MR) is 73.4 cm³/mol. The van der Waals surface area contributed by atoms with Gasteiger partial charge in [0.2, 0.25) is 0 Å². The largest absolute Gasteiger partial charge is 0.327 e. The van der Waals surface area contributed by atoms with Crippen LogP contribution in [0.3, 0.4) is 0 Å². The third-order valence-corrected chi connectivity index (χ3v) is 3.70. The molecule has 0 bridgehead atoms. The first-order chi connectivity index (χ1) is 9.10. The molecule has 0 spiro atoms. The first-order valence-corrected chi connectivity index (χ1v) is 6.67. The Hall–Kier alpha value is -1.62. The topological polar surface area (TPSA) is 58.4 Å². The van der Waals surface area contributed by atoms with Crippen molar-refractivity contribution in [3.8, 4) is 0 Å². The molecule has 5 heteroatoms. The van der Waals surface area contributed by atoms with Gasteiger partial charge in [-0.15, -0.1) is 0 Å².